The maximum absolute atomic E-state index is 13.8. The fourth-order valence-corrected chi connectivity index (χ4v) is 4.56. The summed E-state index contributed by atoms with van der Waals surface area (Å²) in [5, 5.41) is 3.15. The predicted octanol–water partition coefficient (Wildman–Crippen LogP) is 2.76. The molecule has 0 unspecified atom stereocenters. The number of methoxy groups -OCH3 is 1. The van der Waals surface area contributed by atoms with Gasteiger partial charge in [-0.05, 0) is 56.9 Å². The molecule has 8 nitrogen and oxygen atoms in total. The Morgan fingerprint density at radius 2 is 1.90 bits per heavy atom. The lowest BCUT2D eigenvalue weighted by Gasteiger charge is -2.44. The lowest BCUT2D eigenvalue weighted by atomic mass is 9.92. The minimum Gasteiger partial charge on any atom is -0.464 e. The van der Waals surface area contributed by atoms with Crippen molar-refractivity contribution in [2.75, 3.05) is 12.0 Å². The van der Waals surface area contributed by atoms with E-state index in [1.54, 1.807) is 11.5 Å². The van der Waals surface area contributed by atoms with Crippen molar-refractivity contribution in [1.82, 2.24) is 14.9 Å². The minimum atomic E-state index is -1.18. The van der Waals surface area contributed by atoms with Gasteiger partial charge in [-0.15, -0.1) is 0 Å². The van der Waals surface area contributed by atoms with Crippen molar-refractivity contribution < 1.29 is 19.1 Å². The molecule has 31 heavy (non-hydrogen) atoms. The lowest BCUT2D eigenvalue weighted by molar-refractivity contribution is -0.127. The monoisotopic (exact) mass is 424 g/mol. The summed E-state index contributed by atoms with van der Waals surface area (Å²) in [6.07, 6.45) is 5.51. The Bertz CT molecular complexity index is 1050. The maximum Gasteiger partial charge on any atom is 0.359 e. The van der Waals surface area contributed by atoms with Crippen molar-refractivity contribution in [2.24, 2.45) is 0 Å². The molecule has 1 N–H and O–H groups in total. The number of rotatable bonds is 4. The summed E-state index contributed by atoms with van der Waals surface area (Å²) < 4.78 is 6.39. The Balaban J connectivity index is 1.82. The molecule has 2 aliphatic rings. The first-order valence-corrected chi connectivity index (χ1v) is 10.6. The van der Waals surface area contributed by atoms with Crippen LogP contribution < -0.4 is 10.2 Å². The molecule has 1 saturated carbocycles. The van der Waals surface area contributed by atoms with Gasteiger partial charge in [-0.2, -0.15) is 0 Å². The average molecular weight is 425 g/mol. The van der Waals surface area contributed by atoms with Crippen molar-refractivity contribution in [2.45, 2.75) is 64.6 Å². The molecule has 0 saturated heterocycles. The number of aromatic nitrogens is 2. The number of nitrogens with zero attached hydrogens (tertiary/aromatic N) is 3. The van der Waals surface area contributed by atoms with E-state index in [2.05, 4.69) is 10.3 Å². The van der Waals surface area contributed by atoms with Gasteiger partial charge in [0.25, 0.3) is 5.91 Å². The van der Waals surface area contributed by atoms with E-state index in [4.69, 9.17) is 4.74 Å². The molecular formula is C23H28N4O4. The largest absolute Gasteiger partial charge is 0.464 e. The van der Waals surface area contributed by atoms with Crippen molar-refractivity contribution in [3.63, 3.8) is 0 Å². The van der Waals surface area contributed by atoms with Crippen LogP contribution in [-0.2, 0) is 16.1 Å². The molecule has 0 bridgehead atoms. The highest BCUT2D eigenvalue weighted by molar-refractivity contribution is 6.15. The van der Waals surface area contributed by atoms with Gasteiger partial charge in [-0.1, -0.05) is 18.9 Å². The highest BCUT2D eigenvalue weighted by Gasteiger charge is 2.50. The van der Waals surface area contributed by atoms with Gasteiger partial charge >= 0.3 is 5.97 Å². The number of nitrogens with one attached hydrogen (secondary N) is 1. The number of fused-ring (bicyclic) bond motifs is 1. The van der Waals surface area contributed by atoms with Crippen molar-refractivity contribution >= 4 is 23.5 Å². The molecule has 1 fully saturated rings. The SMILES string of the molecule is COC(=O)c1ncn2c1C(=O)N(c1ccc(C)c(C)c1)[C@@](C)(C(=O)NC1CCCC1)C2. The van der Waals surface area contributed by atoms with Crippen LogP contribution in [0.4, 0.5) is 5.69 Å². The number of ether oxygens (including phenoxy) is 1. The van der Waals surface area contributed by atoms with Crippen LogP contribution in [0.15, 0.2) is 24.5 Å². The third-order valence-electron chi connectivity index (χ3n) is 6.52. The Labute approximate surface area is 181 Å². The highest BCUT2D eigenvalue weighted by Crippen LogP contribution is 2.35. The summed E-state index contributed by atoms with van der Waals surface area (Å²) in [6, 6.07) is 5.79. The van der Waals surface area contributed by atoms with Crippen LogP contribution in [0.5, 0.6) is 0 Å². The predicted molar refractivity (Wildman–Crippen MR) is 115 cm³/mol. The summed E-state index contributed by atoms with van der Waals surface area (Å²) in [5.41, 5.74) is 1.63. The number of anilines is 1. The van der Waals surface area contributed by atoms with Crippen LogP contribution in [0.3, 0.4) is 0 Å². The number of carbonyl (C=O) groups is 3. The maximum atomic E-state index is 13.8. The molecule has 2 heterocycles. The topological polar surface area (TPSA) is 93.5 Å². The molecule has 1 aliphatic heterocycles. The smallest absolute Gasteiger partial charge is 0.359 e. The minimum absolute atomic E-state index is 0.0421. The second-order valence-electron chi connectivity index (χ2n) is 8.70. The van der Waals surface area contributed by atoms with Gasteiger partial charge in [0.05, 0.1) is 20.0 Å². The number of imidazole rings is 1. The number of esters is 1. The third kappa shape index (κ3) is 3.49. The highest BCUT2D eigenvalue weighted by atomic mass is 16.5. The van der Waals surface area contributed by atoms with Gasteiger partial charge in [0.1, 0.15) is 11.2 Å². The van der Waals surface area contributed by atoms with Crippen molar-refractivity contribution in [3.05, 3.63) is 47.0 Å². The summed E-state index contributed by atoms with van der Waals surface area (Å²) >= 11 is 0. The summed E-state index contributed by atoms with van der Waals surface area (Å²) in [6.45, 7) is 5.91. The first-order valence-electron chi connectivity index (χ1n) is 10.6. The van der Waals surface area contributed by atoms with E-state index in [0.29, 0.717) is 5.69 Å². The second-order valence-corrected chi connectivity index (χ2v) is 8.70. The number of amides is 2. The van der Waals surface area contributed by atoms with Crippen LogP contribution in [0.2, 0.25) is 0 Å². The summed E-state index contributed by atoms with van der Waals surface area (Å²) in [5.74, 6) is -1.33. The standard InChI is InChI=1S/C23H28N4O4/c1-14-9-10-17(11-15(14)2)27-20(28)19-18(21(29)31-4)24-13-26(19)12-23(27,3)22(30)25-16-7-5-6-8-16/h9-11,13,16H,5-8,12H2,1-4H3,(H,25,30)/t23-/m1/s1. The van der Waals surface area contributed by atoms with Gasteiger partial charge in [0.2, 0.25) is 5.91 Å². The first-order chi connectivity index (χ1) is 14.8. The number of aryl methyl sites for hydroxylation is 2. The molecule has 0 radical (unpaired) electrons. The number of hydrogen-bond acceptors (Lipinski definition) is 5. The molecule has 2 amide bonds. The number of benzene rings is 1. The molecule has 4 rings (SSSR count). The van der Waals surface area contributed by atoms with Gasteiger partial charge in [-0.3, -0.25) is 14.5 Å². The Morgan fingerprint density at radius 3 is 2.55 bits per heavy atom. The molecule has 1 atom stereocenters. The van der Waals surface area contributed by atoms with Crippen LogP contribution in [0.25, 0.3) is 0 Å². The zero-order valence-corrected chi connectivity index (χ0v) is 18.4. The van der Waals surface area contributed by atoms with E-state index in [0.717, 1.165) is 36.8 Å². The van der Waals surface area contributed by atoms with Gasteiger partial charge in [0, 0.05) is 11.7 Å². The van der Waals surface area contributed by atoms with Gasteiger partial charge in [-0.25, -0.2) is 9.78 Å². The van der Waals surface area contributed by atoms with E-state index in [9.17, 15) is 14.4 Å². The van der Waals surface area contributed by atoms with Crippen molar-refractivity contribution in [3.8, 4) is 0 Å². The summed E-state index contributed by atoms with van der Waals surface area (Å²) in [7, 11) is 1.25. The van der Waals surface area contributed by atoms with E-state index < -0.39 is 17.4 Å². The Kier molecular flexibility index (Phi) is 5.33. The fraction of sp³-hybridized carbons (Fsp3) is 0.478. The normalized spacial score (nSPS) is 21.2. The van der Waals surface area contributed by atoms with E-state index in [1.807, 2.05) is 32.0 Å². The lowest BCUT2D eigenvalue weighted by Crippen LogP contribution is -2.65. The van der Waals surface area contributed by atoms with Crippen LogP contribution in [0.1, 0.15) is 64.7 Å². The van der Waals surface area contributed by atoms with Gasteiger partial charge < -0.3 is 14.6 Å². The Hall–Kier alpha value is -3.16. The fourth-order valence-electron chi connectivity index (χ4n) is 4.56. The molecule has 1 aromatic heterocycles. The van der Waals surface area contributed by atoms with Crippen LogP contribution in [0, 0.1) is 13.8 Å². The van der Waals surface area contributed by atoms with Crippen molar-refractivity contribution in [1.29, 1.82) is 0 Å². The average Bonchev–Trinajstić information content (AvgIpc) is 3.39. The molecule has 0 spiro atoms. The molecule has 8 heteroatoms. The number of carbonyl (C=O) groups excluding carboxylic acids is 3. The van der Waals surface area contributed by atoms with Gasteiger partial charge in [0.15, 0.2) is 5.69 Å². The number of hydrogen-bond donors (Lipinski definition) is 1. The second kappa shape index (κ2) is 7.83. The zero-order valence-electron chi connectivity index (χ0n) is 18.4. The molecule has 164 valence electrons. The molecule has 1 aromatic carbocycles. The zero-order chi connectivity index (χ0) is 22.3. The molecular weight excluding hydrogens is 396 g/mol. The molecule has 1 aliphatic carbocycles. The Morgan fingerprint density at radius 1 is 1.19 bits per heavy atom. The first kappa shape index (κ1) is 21.1. The third-order valence-corrected chi connectivity index (χ3v) is 6.52. The van der Waals surface area contributed by atoms with E-state index in [-0.39, 0.29) is 29.9 Å². The summed E-state index contributed by atoms with van der Waals surface area (Å²) in [4.78, 5) is 45.1. The van der Waals surface area contributed by atoms with E-state index in [1.165, 1.54) is 18.3 Å². The quantitative estimate of drug-likeness (QED) is 0.762. The van der Waals surface area contributed by atoms with Crippen LogP contribution >= 0.6 is 0 Å². The van der Waals surface area contributed by atoms with E-state index >= 15 is 0 Å². The molecule has 2 aromatic rings. The van der Waals surface area contributed by atoms with Crippen LogP contribution in [-0.4, -0.2) is 46.0 Å².